The Labute approximate surface area is 147 Å². The maximum atomic E-state index is 13.0. The largest absolute Gasteiger partial charge is 0.459 e. The van der Waals surface area contributed by atoms with Crippen LogP contribution >= 0.6 is 0 Å². The molecule has 0 bridgehead atoms. The second kappa shape index (κ2) is 8.26. The minimum atomic E-state index is -0.287. The highest BCUT2D eigenvalue weighted by atomic mass is 19.1. The van der Waals surface area contributed by atoms with Crippen molar-refractivity contribution in [2.75, 3.05) is 6.61 Å². The lowest BCUT2D eigenvalue weighted by atomic mass is 9.95. The molecule has 1 aliphatic rings. The Kier molecular flexibility index (Phi) is 5.82. The molecule has 0 N–H and O–H groups in total. The molecule has 0 aliphatic heterocycles. The van der Waals surface area contributed by atoms with E-state index in [2.05, 4.69) is 0 Å². The second-order valence-electron chi connectivity index (χ2n) is 6.34. The van der Waals surface area contributed by atoms with Gasteiger partial charge in [-0.1, -0.05) is 24.3 Å². The lowest BCUT2D eigenvalue weighted by Crippen LogP contribution is -2.28. The van der Waals surface area contributed by atoms with Crippen LogP contribution in [0.4, 0.5) is 4.39 Å². The van der Waals surface area contributed by atoms with Gasteiger partial charge in [-0.3, -0.25) is 0 Å². The van der Waals surface area contributed by atoms with E-state index in [9.17, 15) is 9.18 Å². The van der Waals surface area contributed by atoms with E-state index in [1.807, 2.05) is 19.1 Å². The average molecular weight is 342 g/mol. The third kappa shape index (κ3) is 4.67. The van der Waals surface area contributed by atoms with Gasteiger partial charge >= 0.3 is 5.97 Å². The quantitative estimate of drug-likeness (QED) is 0.718. The fourth-order valence-electron chi connectivity index (χ4n) is 3.21. The molecule has 132 valence electrons. The molecule has 1 fully saturated rings. The van der Waals surface area contributed by atoms with Crippen molar-refractivity contribution in [3.05, 3.63) is 59.9 Å². The van der Waals surface area contributed by atoms with Crippen molar-refractivity contribution in [3.63, 3.8) is 0 Å². The van der Waals surface area contributed by atoms with Gasteiger partial charge in [0, 0.05) is 6.61 Å². The van der Waals surface area contributed by atoms with Gasteiger partial charge in [0.05, 0.1) is 11.7 Å². The van der Waals surface area contributed by atoms with Crippen LogP contribution in [0.2, 0.25) is 0 Å². The van der Waals surface area contributed by atoms with Gasteiger partial charge in [-0.05, 0) is 68.0 Å². The lowest BCUT2D eigenvalue weighted by molar-refractivity contribution is -0.0163. The molecule has 0 amide bonds. The highest BCUT2D eigenvalue weighted by Gasteiger charge is 2.24. The molecule has 0 radical (unpaired) electrons. The second-order valence-corrected chi connectivity index (χ2v) is 6.34. The fraction of sp³-hybridized carbons (Fsp3) is 0.381. The van der Waals surface area contributed by atoms with Crippen molar-refractivity contribution in [3.8, 4) is 11.1 Å². The predicted molar refractivity (Wildman–Crippen MR) is 94.9 cm³/mol. The zero-order chi connectivity index (χ0) is 17.6. The summed E-state index contributed by atoms with van der Waals surface area (Å²) in [5, 5.41) is 0. The van der Waals surface area contributed by atoms with Crippen molar-refractivity contribution in [2.24, 2.45) is 0 Å². The van der Waals surface area contributed by atoms with Crippen LogP contribution in [-0.2, 0) is 9.47 Å². The monoisotopic (exact) mass is 342 g/mol. The Morgan fingerprint density at radius 2 is 1.44 bits per heavy atom. The average Bonchev–Trinajstić information content (AvgIpc) is 2.64. The number of esters is 1. The molecule has 0 atom stereocenters. The molecule has 0 saturated heterocycles. The van der Waals surface area contributed by atoms with E-state index in [1.54, 1.807) is 24.3 Å². The predicted octanol–water partition coefficient (Wildman–Crippen LogP) is 5.00. The Bertz CT molecular complexity index is 686. The van der Waals surface area contributed by atoms with Crippen LogP contribution in [0.5, 0.6) is 0 Å². The van der Waals surface area contributed by atoms with Crippen LogP contribution in [0.3, 0.4) is 0 Å². The van der Waals surface area contributed by atoms with Crippen LogP contribution in [0.15, 0.2) is 48.5 Å². The molecule has 2 aromatic carbocycles. The van der Waals surface area contributed by atoms with Crippen LogP contribution in [0.1, 0.15) is 43.0 Å². The number of carbonyl (C=O) groups is 1. The summed E-state index contributed by atoms with van der Waals surface area (Å²) in [4.78, 5) is 12.3. The number of ether oxygens (including phenoxy) is 2. The zero-order valence-electron chi connectivity index (χ0n) is 14.4. The highest BCUT2D eigenvalue weighted by Crippen LogP contribution is 2.25. The van der Waals surface area contributed by atoms with Gasteiger partial charge in [0.25, 0.3) is 0 Å². The van der Waals surface area contributed by atoms with E-state index in [1.165, 1.54) is 12.1 Å². The standard InChI is InChI=1S/C21H23FO3/c1-2-24-19-11-13-20(14-12-19)25-21(23)17-5-3-15(4-6-17)16-7-9-18(22)10-8-16/h3-10,19-20H,2,11-14H2,1H3/t19-,20-. The van der Waals surface area contributed by atoms with Crippen LogP contribution < -0.4 is 0 Å². The maximum Gasteiger partial charge on any atom is 0.338 e. The fourth-order valence-corrected chi connectivity index (χ4v) is 3.21. The Hall–Kier alpha value is -2.20. The summed E-state index contributed by atoms with van der Waals surface area (Å²) in [6, 6.07) is 13.5. The summed E-state index contributed by atoms with van der Waals surface area (Å²) in [7, 11) is 0. The molecule has 1 aliphatic carbocycles. The lowest BCUT2D eigenvalue weighted by Gasteiger charge is -2.28. The number of halogens is 1. The molecule has 4 heteroatoms. The van der Waals surface area contributed by atoms with Crippen molar-refractivity contribution >= 4 is 5.97 Å². The molecule has 3 rings (SSSR count). The minimum Gasteiger partial charge on any atom is -0.459 e. The number of carbonyl (C=O) groups excluding carboxylic acids is 1. The first kappa shape index (κ1) is 17.6. The van der Waals surface area contributed by atoms with Crippen LogP contribution in [0.25, 0.3) is 11.1 Å². The minimum absolute atomic E-state index is 0.0269. The molecule has 0 aromatic heterocycles. The number of rotatable bonds is 5. The SMILES string of the molecule is CCO[C@H]1CC[C@H](OC(=O)c2ccc(-c3ccc(F)cc3)cc2)CC1. The van der Waals surface area contributed by atoms with Gasteiger partial charge < -0.3 is 9.47 Å². The summed E-state index contributed by atoms with van der Waals surface area (Å²) in [6.45, 7) is 2.73. The summed E-state index contributed by atoms with van der Waals surface area (Å²) < 4.78 is 24.2. The van der Waals surface area contributed by atoms with E-state index in [0.717, 1.165) is 43.4 Å². The van der Waals surface area contributed by atoms with Gasteiger partial charge in [-0.2, -0.15) is 0 Å². The summed E-state index contributed by atoms with van der Waals surface area (Å²) >= 11 is 0. The van der Waals surface area contributed by atoms with E-state index in [0.29, 0.717) is 11.7 Å². The van der Waals surface area contributed by atoms with E-state index in [4.69, 9.17) is 9.47 Å². The first-order valence-electron chi connectivity index (χ1n) is 8.84. The first-order valence-corrected chi connectivity index (χ1v) is 8.84. The van der Waals surface area contributed by atoms with Crippen LogP contribution in [0, 0.1) is 5.82 Å². The molecule has 0 heterocycles. The highest BCUT2D eigenvalue weighted by molar-refractivity contribution is 5.90. The van der Waals surface area contributed by atoms with Crippen molar-refractivity contribution in [1.29, 1.82) is 0 Å². The Morgan fingerprint density at radius 3 is 2.00 bits per heavy atom. The number of hydrogen-bond donors (Lipinski definition) is 0. The summed E-state index contributed by atoms with van der Waals surface area (Å²) in [6.07, 6.45) is 3.86. The number of benzene rings is 2. The molecule has 0 unspecified atom stereocenters. The normalized spacial score (nSPS) is 20.2. The molecular formula is C21H23FO3. The van der Waals surface area contributed by atoms with Crippen molar-refractivity contribution in [1.82, 2.24) is 0 Å². The van der Waals surface area contributed by atoms with Gasteiger partial charge in [0.1, 0.15) is 11.9 Å². The molecule has 0 spiro atoms. The molecule has 1 saturated carbocycles. The third-order valence-corrected chi connectivity index (χ3v) is 4.60. The van der Waals surface area contributed by atoms with Crippen molar-refractivity contribution < 1.29 is 18.7 Å². The Balaban J connectivity index is 1.57. The first-order chi connectivity index (χ1) is 12.2. The zero-order valence-corrected chi connectivity index (χ0v) is 14.4. The van der Waals surface area contributed by atoms with Crippen LogP contribution in [-0.4, -0.2) is 24.8 Å². The summed E-state index contributed by atoms with van der Waals surface area (Å²) in [5.74, 6) is -0.548. The van der Waals surface area contributed by atoms with E-state index in [-0.39, 0.29) is 17.9 Å². The van der Waals surface area contributed by atoms with Gasteiger partial charge in [-0.15, -0.1) is 0 Å². The topological polar surface area (TPSA) is 35.5 Å². The van der Waals surface area contributed by atoms with Gasteiger partial charge in [0.15, 0.2) is 0 Å². The smallest absolute Gasteiger partial charge is 0.338 e. The third-order valence-electron chi connectivity index (χ3n) is 4.60. The van der Waals surface area contributed by atoms with E-state index < -0.39 is 0 Å². The van der Waals surface area contributed by atoms with Gasteiger partial charge in [-0.25, -0.2) is 9.18 Å². The summed E-state index contributed by atoms with van der Waals surface area (Å²) in [5.41, 5.74) is 2.39. The molecule has 25 heavy (non-hydrogen) atoms. The Morgan fingerprint density at radius 1 is 0.920 bits per heavy atom. The van der Waals surface area contributed by atoms with Gasteiger partial charge in [0.2, 0.25) is 0 Å². The number of hydrogen-bond acceptors (Lipinski definition) is 3. The molecular weight excluding hydrogens is 319 g/mol. The molecule has 2 aromatic rings. The van der Waals surface area contributed by atoms with Crippen molar-refractivity contribution in [2.45, 2.75) is 44.8 Å². The van der Waals surface area contributed by atoms with E-state index >= 15 is 0 Å². The molecule has 3 nitrogen and oxygen atoms in total. The maximum absolute atomic E-state index is 13.0.